The van der Waals surface area contributed by atoms with Gasteiger partial charge in [-0.25, -0.2) is 8.78 Å². The minimum atomic E-state index is -5.58. The van der Waals surface area contributed by atoms with Gasteiger partial charge in [0.25, 0.3) is 4.04 Å². The third-order valence-corrected chi connectivity index (χ3v) is 1.20. The fraction of sp³-hybridized carbons (Fsp3) is 0.500. The molecular formula is C4BrClF6. The number of alkyl halides is 6. The van der Waals surface area contributed by atoms with Gasteiger partial charge in [-0.15, -0.1) is 0 Å². The van der Waals surface area contributed by atoms with E-state index in [0.717, 1.165) is 0 Å². The Morgan fingerprint density at radius 3 is 1.42 bits per heavy atom. The molecule has 0 aromatic carbocycles. The molecule has 0 aliphatic heterocycles. The predicted octanol–water partition coefficient (Wildman–Crippen LogP) is 3.96. The summed E-state index contributed by atoms with van der Waals surface area (Å²) in [6.45, 7) is 0. The molecular weight excluding hydrogens is 277 g/mol. The van der Waals surface area contributed by atoms with Gasteiger partial charge in [0.15, 0.2) is 0 Å². The molecule has 0 aromatic rings. The second-order valence-corrected chi connectivity index (χ2v) is 3.69. The van der Waals surface area contributed by atoms with Gasteiger partial charge < -0.3 is 0 Å². The molecule has 1 unspecified atom stereocenters. The van der Waals surface area contributed by atoms with E-state index in [0.29, 0.717) is 0 Å². The largest absolute Gasteiger partial charge is 0.445 e. The Hall–Kier alpha value is 0.0900. The molecule has 0 nitrogen and oxygen atoms in total. The molecule has 0 amide bonds. The summed E-state index contributed by atoms with van der Waals surface area (Å²) in [5.41, 5.74) is 0. The molecule has 1 atom stereocenters. The first-order chi connectivity index (χ1) is 5.07. The van der Waals surface area contributed by atoms with Crippen LogP contribution in [-0.4, -0.2) is 10.2 Å². The van der Waals surface area contributed by atoms with Gasteiger partial charge in [0.05, 0.1) is 0 Å². The zero-order valence-electron chi connectivity index (χ0n) is 5.02. The Morgan fingerprint density at radius 2 is 1.33 bits per heavy atom. The van der Waals surface area contributed by atoms with Crippen LogP contribution >= 0.6 is 27.5 Å². The molecule has 12 heavy (non-hydrogen) atoms. The van der Waals surface area contributed by atoms with Crippen molar-refractivity contribution in [3.63, 3.8) is 0 Å². The van der Waals surface area contributed by atoms with Crippen LogP contribution in [0, 0.1) is 0 Å². The first-order valence-electron chi connectivity index (χ1n) is 2.26. The summed E-state index contributed by atoms with van der Waals surface area (Å²) in [7, 11) is 0. The van der Waals surface area contributed by atoms with E-state index in [2.05, 4.69) is 11.6 Å². The topological polar surface area (TPSA) is 0 Å². The van der Waals surface area contributed by atoms with Crippen LogP contribution in [0.4, 0.5) is 26.3 Å². The zero-order chi connectivity index (χ0) is 10.2. The van der Waals surface area contributed by atoms with Crippen molar-refractivity contribution in [1.82, 2.24) is 0 Å². The zero-order valence-corrected chi connectivity index (χ0v) is 7.37. The van der Waals surface area contributed by atoms with E-state index < -0.39 is 21.9 Å². The Kier molecular flexibility index (Phi) is 3.48. The van der Waals surface area contributed by atoms with E-state index in [9.17, 15) is 26.3 Å². The average Bonchev–Trinajstić information content (AvgIpc) is 1.80. The number of hydrogen-bond acceptors (Lipinski definition) is 0. The van der Waals surface area contributed by atoms with Gasteiger partial charge in [-0.2, -0.15) is 17.6 Å². The molecule has 72 valence electrons. The van der Waals surface area contributed by atoms with Crippen LogP contribution in [0.3, 0.4) is 0 Å². The van der Waals surface area contributed by atoms with Gasteiger partial charge in [0, 0.05) is 0 Å². The summed E-state index contributed by atoms with van der Waals surface area (Å²) < 4.78 is 66.2. The molecule has 0 heterocycles. The maximum Gasteiger partial charge on any atom is 0.445 e. The minimum Gasteiger partial charge on any atom is -0.205 e. The maximum absolute atomic E-state index is 12.1. The fourth-order valence-electron chi connectivity index (χ4n) is 0.249. The van der Waals surface area contributed by atoms with Gasteiger partial charge in [0.1, 0.15) is 0 Å². The molecule has 0 fully saturated rings. The van der Waals surface area contributed by atoms with E-state index in [1.807, 2.05) is 0 Å². The summed E-state index contributed by atoms with van der Waals surface area (Å²) in [6.07, 6.45) is -5.58. The smallest absolute Gasteiger partial charge is 0.205 e. The second-order valence-electron chi connectivity index (χ2n) is 1.62. The SMILES string of the molecule is FC(=C(F)C(F)(Cl)Br)C(F)(F)F. The predicted molar refractivity (Wildman–Crippen MR) is 33.9 cm³/mol. The number of hydrogen-bond donors (Lipinski definition) is 0. The summed E-state index contributed by atoms with van der Waals surface area (Å²) in [6, 6.07) is 0. The second kappa shape index (κ2) is 3.45. The molecule has 0 rings (SSSR count). The van der Waals surface area contributed by atoms with Crippen molar-refractivity contribution in [3.8, 4) is 0 Å². The van der Waals surface area contributed by atoms with Crippen LogP contribution in [0.5, 0.6) is 0 Å². The van der Waals surface area contributed by atoms with Crippen LogP contribution in [0.2, 0.25) is 0 Å². The standard InChI is InChI=1S/C4BrClF6/c5-3(6,9)1(7)2(8)4(10,11)12. The van der Waals surface area contributed by atoms with Crippen molar-refractivity contribution in [2.75, 3.05) is 0 Å². The van der Waals surface area contributed by atoms with E-state index in [4.69, 9.17) is 0 Å². The van der Waals surface area contributed by atoms with Crippen molar-refractivity contribution in [1.29, 1.82) is 0 Å². The third-order valence-electron chi connectivity index (χ3n) is 0.690. The monoisotopic (exact) mass is 276 g/mol. The molecule has 0 spiro atoms. The minimum absolute atomic E-state index is 1.66. The lowest BCUT2D eigenvalue weighted by molar-refractivity contribution is -0.112. The van der Waals surface area contributed by atoms with Crippen LogP contribution in [0.15, 0.2) is 11.7 Å². The Labute approximate surface area is 76.3 Å². The Bertz CT molecular complexity index is 179. The Morgan fingerprint density at radius 1 is 1.00 bits per heavy atom. The number of halogens is 8. The molecule has 0 N–H and O–H groups in total. The highest BCUT2D eigenvalue weighted by Gasteiger charge is 2.44. The van der Waals surface area contributed by atoms with Crippen LogP contribution in [0.1, 0.15) is 0 Å². The summed E-state index contributed by atoms with van der Waals surface area (Å²) >= 11 is 6.02. The lowest BCUT2D eigenvalue weighted by Crippen LogP contribution is -2.15. The molecule has 0 aliphatic carbocycles. The van der Waals surface area contributed by atoms with E-state index in [1.165, 1.54) is 0 Å². The number of allylic oxidation sites excluding steroid dienone is 2. The van der Waals surface area contributed by atoms with Crippen LogP contribution in [0.25, 0.3) is 0 Å². The van der Waals surface area contributed by atoms with Crippen molar-refractivity contribution in [2.24, 2.45) is 0 Å². The molecule has 0 aliphatic rings. The van der Waals surface area contributed by atoms with Crippen molar-refractivity contribution < 1.29 is 26.3 Å². The van der Waals surface area contributed by atoms with E-state index in [1.54, 1.807) is 15.9 Å². The fourth-order valence-corrected chi connectivity index (χ4v) is 0.506. The molecule has 0 saturated heterocycles. The normalized spacial score (nSPS) is 20.0. The quantitative estimate of drug-likeness (QED) is 0.503. The highest BCUT2D eigenvalue weighted by Crippen LogP contribution is 2.41. The van der Waals surface area contributed by atoms with Gasteiger partial charge in [-0.3, -0.25) is 0 Å². The molecule has 8 heteroatoms. The molecule has 0 saturated carbocycles. The first-order valence-corrected chi connectivity index (χ1v) is 3.43. The third kappa shape index (κ3) is 3.22. The first kappa shape index (κ1) is 12.1. The number of rotatable bonds is 1. The highest BCUT2D eigenvalue weighted by atomic mass is 79.9. The van der Waals surface area contributed by atoms with E-state index in [-0.39, 0.29) is 0 Å². The van der Waals surface area contributed by atoms with Gasteiger partial charge in [-0.05, 0) is 15.9 Å². The highest BCUT2D eigenvalue weighted by molar-refractivity contribution is 9.10. The van der Waals surface area contributed by atoms with Crippen LogP contribution in [-0.2, 0) is 0 Å². The van der Waals surface area contributed by atoms with Crippen molar-refractivity contribution in [2.45, 2.75) is 10.2 Å². The average molecular weight is 277 g/mol. The van der Waals surface area contributed by atoms with Crippen LogP contribution < -0.4 is 0 Å². The maximum atomic E-state index is 12.1. The molecule has 0 bridgehead atoms. The van der Waals surface area contributed by atoms with E-state index >= 15 is 0 Å². The van der Waals surface area contributed by atoms with Gasteiger partial charge >= 0.3 is 6.18 Å². The lowest BCUT2D eigenvalue weighted by Gasteiger charge is -2.09. The van der Waals surface area contributed by atoms with Gasteiger partial charge in [0.2, 0.25) is 11.7 Å². The molecule has 0 aromatic heterocycles. The summed E-state index contributed by atoms with van der Waals surface area (Å²) in [4.78, 5) is 0. The summed E-state index contributed by atoms with van der Waals surface area (Å²) in [5.74, 6) is -5.95. The van der Waals surface area contributed by atoms with Gasteiger partial charge in [-0.1, -0.05) is 11.6 Å². The van der Waals surface area contributed by atoms with Crippen molar-refractivity contribution in [3.05, 3.63) is 11.7 Å². The Balaban J connectivity index is 4.96. The summed E-state index contributed by atoms with van der Waals surface area (Å²) in [5, 5.41) is 0. The van der Waals surface area contributed by atoms with Crippen molar-refractivity contribution >= 4 is 27.5 Å². The lowest BCUT2D eigenvalue weighted by atomic mass is 10.4. The molecule has 0 radical (unpaired) electrons.